The number of rotatable bonds is 4. The Kier molecular flexibility index (Phi) is 3.32. The maximum absolute atomic E-state index is 11.9. The SMILES string of the molecule is O=C1C2=C(C=C[C+]=C2)C(=O)N1CCCCBr. The zero-order valence-electron chi connectivity index (χ0n) is 8.70. The van der Waals surface area contributed by atoms with Gasteiger partial charge < -0.3 is 0 Å². The second-order valence-electron chi connectivity index (χ2n) is 3.63. The average Bonchev–Trinajstić information content (AvgIpc) is 2.55. The molecular weight excluding hydrogens is 270 g/mol. The first-order valence-corrected chi connectivity index (χ1v) is 6.30. The quantitative estimate of drug-likeness (QED) is 0.341. The van der Waals surface area contributed by atoms with E-state index >= 15 is 0 Å². The molecule has 0 aromatic heterocycles. The van der Waals surface area contributed by atoms with Gasteiger partial charge in [0.05, 0.1) is 6.08 Å². The lowest BCUT2D eigenvalue weighted by atomic mass is 10.1. The van der Waals surface area contributed by atoms with Crippen LogP contribution in [0.2, 0.25) is 0 Å². The predicted octanol–water partition coefficient (Wildman–Crippen LogP) is 1.76. The second-order valence-corrected chi connectivity index (χ2v) is 4.42. The van der Waals surface area contributed by atoms with Gasteiger partial charge in [-0.25, -0.2) is 0 Å². The topological polar surface area (TPSA) is 37.4 Å². The molecule has 3 nitrogen and oxygen atoms in total. The fourth-order valence-corrected chi connectivity index (χ4v) is 2.14. The Morgan fingerprint density at radius 2 is 1.94 bits per heavy atom. The molecule has 0 radical (unpaired) electrons. The van der Waals surface area contributed by atoms with Crippen molar-refractivity contribution in [3.8, 4) is 0 Å². The van der Waals surface area contributed by atoms with Crippen LogP contribution in [-0.2, 0) is 9.59 Å². The van der Waals surface area contributed by atoms with Gasteiger partial charge in [0.25, 0.3) is 5.91 Å². The van der Waals surface area contributed by atoms with Gasteiger partial charge in [0, 0.05) is 18.0 Å². The predicted molar refractivity (Wildman–Crippen MR) is 63.7 cm³/mol. The molecule has 0 atom stereocenters. The van der Waals surface area contributed by atoms with Crippen LogP contribution < -0.4 is 0 Å². The van der Waals surface area contributed by atoms with Gasteiger partial charge in [-0.2, -0.15) is 0 Å². The van der Waals surface area contributed by atoms with Crippen molar-refractivity contribution in [2.24, 2.45) is 0 Å². The lowest BCUT2D eigenvalue weighted by molar-refractivity contribution is -0.137. The molecule has 2 amide bonds. The Hall–Kier alpha value is -1.25. The monoisotopic (exact) mass is 280 g/mol. The minimum Gasteiger partial charge on any atom is -0.266 e. The van der Waals surface area contributed by atoms with Gasteiger partial charge in [-0.05, 0) is 12.8 Å². The van der Waals surface area contributed by atoms with Gasteiger partial charge in [0.15, 0.2) is 11.1 Å². The highest BCUT2D eigenvalue weighted by atomic mass is 79.9. The van der Waals surface area contributed by atoms with Crippen LogP contribution in [0, 0.1) is 6.08 Å². The van der Waals surface area contributed by atoms with Crippen LogP contribution in [0.1, 0.15) is 12.8 Å². The van der Waals surface area contributed by atoms with Crippen LogP contribution in [0.4, 0.5) is 0 Å². The van der Waals surface area contributed by atoms with E-state index in [-0.39, 0.29) is 11.8 Å². The Labute approximate surface area is 103 Å². The summed E-state index contributed by atoms with van der Waals surface area (Å²) in [4.78, 5) is 25.1. The van der Waals surface area contributed by atoms with Gasteiger partial charge in [-0.3, -0.25) is 14.5 Å². The van der Waals surface area contributed by atoms with E-state index in [0.717, 1.165) is 18.2 Å². The zero-order chi connectivity index (χ0) is 11.5. The number of hydrogen-bond donors (Lipinski definition) is 0. The van der Waals surface area contributed by atoms with Crippen molar-refractivity contribution >= 4 is 27.7 Å². The number of unbranched alkanes of at least 4 members (excludes halogenated alkanes) is 1. The molecule has 82 valence electrons. The van der Waals surface area contributed by atoms with Gasteiger partial charge in [0.2, 0.25) is 0 Å². The number of alkyl halides is 1. The zero-order valence-corrected chi connectivity index (χ0v) is 10.3. The standard InChI is InChI=1S/C12H11BrNO2/c13-7-3-4-8-14-11(15)9-5-1-2-6-10(9)12(14)16/h1,5-6H,3-4,7-8H2/q+1. The van der Waals surface area contributed by atoms with Gasteiger partial charge in [-0.15, -0.1) is 0 Å². The number of hydrogen-bond acceptors (Lipinski definition) is 2. The highest BCUT2D eigenvalue weighted by molar-refractivity contribution is 9.09. The summed E-state index contributed by atoms with van der Waals surface area (Å²) >= 11 is 3.32. The molecule has 0 aromatic rings. The average molecular weight is 281 g/mol. The Balaban J connectivity index is 2.10. The smallest absolute Gasteiger partial charge is 0.266 e. The number of nitrogens with zero attached hydrogens (tertiary/aromatic N) is 1. The highest BCUT2D eigenvalue weighted by Gasteiger charge is 2.42. The minimum atomic E-state index is -0.188. The highest BCUT2D eigenvalue weighted by Crippen LogP contribution is 2.25. The molecule has 1 heterocycles. The van der Waals surface area contributed by atoms with Crippen molar-refractivity contribution in [2.45, 2.75) is 12.8 Å². The summed E-state index contributed by atoms with van der Waals surface area (Å²) in [7, 11) is 0. The number of halogens is 1. The molecule has 0 saturated heterocycles. The molecule has 1 aliphatic carbocycles. The van der Waals surface area contributed by atoms with Crippen molar-refractivity contribution < 1.29 is 9.59 Å². The van der Waals surface area contributed by atoms with Crippen LogP contribution in [0.25, 0.3) is 0 Å². The molecular formula is C12H11BrNO2+. The maximum Gasteiger partial charge on any atom is 0.319 e. The van der Waals surface area contributed by atoms with Crippen LogP contribution in [0.15, 0.2) is 29.4 Å². The first-order chi connectivity index (χ1) is 7.75. The summed E-state index contributed by atoms with van der Waals surface area (Å²) in [5, 5.41) is 0.893. The Bertz CT molecular complexity index is 387. The normalized spacial score (nSPS) is 18.2. The molecule has 0 saturated carbocycles. The van der Waals surface area contributed by atoms with Gasteiger partial charge >= 0.3 is 5.91 Å². The molecule has 2 rings (SSSR count). The lowest BCUT2D eigenvalue weighted by Crippen LogP contribution is -2.32. The number of imide groups is 1. The van der Waals surface area contributed by atoms with E-state index in [1.807, 2.05) is 0 Å². The fourth-order valence-electron chi connectivity index (χ4n) is 1.74. The third-order valence-electron chi connectivity index (χ3n) is 2.58. The van der Waals surface area contributed by atoms with Crippen LogP contribution in [0.3, 0.4) is 0 Å². The number of carbonyl (C=O) groups is 2. The van der Waals surface area contributed by atoms with Crippen molar-refractivity contribution in [3.05, 3.63) is 35.5 Å². The van der Waals surface area contributed by atoms with E-state index in [0.29, 0.717) is 17.7 Å². The van der Waals surface area contributed by atoms with Crippen LogP contribution in [0.5, 0.6) is 0 Å². The van der Waals surface area contributed by atoms with Crippen LogP contribution >= 0.6 is 15.9 Å². The molecule has 2 aliphatic rings. The van der Waals surface area contributed by atoms with Crippen molar-refractivity contribution in [1.82, 2.24) is 4.90 Å². The first-order valence-electron chi connectivity index (χ1n) is 5.18. The van der Waals surface area contributed by atoms with E-state index in [1.165, 1.54) is 4.90 Å². The molecule has 0 N–H and O–H groups in total. The van der Waals surface area contributed by atoms with E-state index in [2.05, 4.69) is 22.0 Å². The third-order valence-corrected chi connectivity index (χ3v) is 3.14. The number of carbonyl (C=O) groups excluding carboxylic acids is 2. The second kappa shape index (κ2) is 4.73. The minimum absolute atomic E-state index is 0.177. The first kappa shape index (κ1) is 11.2. The number of amides is 2. The Morgan fingerprint density at radius 1 is 1.19 bits per heavy atom. The van der Waals surface area contributed by atoms with Gasteiger partial charge in [0.1, 0.15) is 12.2 Å². The molecule has 4 heteroatoms. The molecule has 0 unspecified atom stereocenters. The van der Waals surface area contributed by atoms with Crippen molar-refractivity contribution in [1.29, 1.82) is 0 Å². The summed E-state index contributed by atoms with van der Waals surface area (Å²) < 4.78 is 0. The van der Waals surface area contributed by atoms with Crippen LogP contribution in [-0.4, -0.2) is 28.6 Å². The maximum atomic E-state index is 11.9. The molecule has 0 bridgehead atoms. The van der Waals surface area contributed by atoms with Gasteiger partial charge in [-0.1, -0.05) is 15.9 Å². The molecule has 1 aliphatic heterocycles. The fraction of sp³-hybridized carbons (Fsp3) is 0.333. The van der Waals surface area contributed by atoms with Crippen molar-refractivity contribution in [3.63, 3.8) is 0 Å². The van der Waals surface area contributed by atoms with Crippen molar-refractivity contribution in [2.75, 3.05) is 11.9 Å². The molecule has 0 fully saturated rings. The summed E-state index contributed by atoms with van der Waals surface area (Å²) in [6.45, 7) is 0.498. The van der Waals surface area contributed by atoms with E-state index in [9.17, 15) is 9.59 Å². The molecule has 16 heavy (non-hydrogen) atoms. The molecule has 0 aromatic carbocycles. The summed E-state index contributed by atoms with van der Waals surface area (Å²) in [6.07, 6.45) is 9.51. The molecule has 0 spiro atoms. The Morgan fingerprint density at radius 3 is 2.62 bits per heavy atom. The third kappa shape index (κ3) is 1.86. The lowest BCUT2D eigenvalue weighted by Gasteiger charge is -2.11. The summed E-state index contributed by atoms with van der Waals surface area (Å²) in [5.41, 5.74) is 0.980. The summed E-state index contributed by atoms with van der Waals surface area (Å²) in [5.74, 6) is -0.366. The van der Waals surface area contributed by atoms with E-state index in [4.69, 9.17) is 0 Å². The summed E-state index contributed by atoms with van der Waals surface area (Å²) in [6, 6.07) is 0. The largest absolute Gasteiger partial charge is 0.319 e. The van der Waals surface area contributed by atoms with E-state index < -0.39 is 0 Å². The number of allylic oxidation sites excluding steroid dienone is 2. The van der Waals surface area contributed by atoms with E-state index in [1.54, 1.807) is 18.2 Å².